The second-order valence-corrected chi connectivity index (χ2v) is 8.75. The lowest BCUT2D eigenvalue weighted by Gasteiger charge is -2.09. The SMILES string of the molecule is COc1cccc([S+]([O-])C/C=C\SSCc2ccc(Cl)cc2)c1. The molecular weight excluding hydrogens is 368 g/mol. The van der Waals surface area contributed by atoms with Gasteiger partial charge in [-0.25, -0.2) is 0 Å². The van der Waals surface area contributed by atoms with E-state index in [1.54, 1.807) is 28.7 Å². The Labute approximate surface area is 153 Å². The van der Waals surface area contributed by atoms with Crippen molar-refractivity contribution >= 4 is 44.4 Å². The summed E-state index contributed by atoms with van der Waals surface area (Å²) in [7, 11) is 4.98. The van der Waals surface area contributed by atoms with Gasteiger partial charge >= 0.3 is 0 Å². The van der Waals surface area contributed by atoms with Gasteiger partial charge in [-0.1, -0.05) is 51.4 Å². The first kappa shape index (κ1) is 18.6. The van der Waals surface area contributed by atoms with Crippen molar-refractivity contribution in [3.05, 3.63) is 70.6 Å². The molecule has 0 N–H and O–H groups in total. The fraction of sp³-hybridized carbons (Fsp3) is 0.176. The molecule has 1 unspecified atom stereocenters. The Morgan fingerprint density at radius 3 is 2.74 bits per heavy atom. The molecule has 0 saturated carbocycles. The van der Waals surface area contributed by atoms with E-state index >= 15 is 0 Å². The quantitative estimate of drug-likeness (QED) is 0.339. The highest BCUT2D eigenvalue weighted by atomic mass is 35.5. The molecule has 0 aromatic heterocycles. The second-order valence-electron chi connectivity index (χ2n) is 4.55. The topological polar surface area (TPSA) is 32.3 Å². The molecule has 2 nitrogen and oxygen atoms in total. The Morgan fingerprint density at radius 2 is 2.00 bits per heavy atom. The summed E-state index contributed by atoms with van der Waals surface area (Å²) in [6.07, 6.45) is 1.94. The Balaban J connectivity index is 1.70. The van der Waals surface area contributed by atoms with Crippen LogP contribution in [0.15, 0.2) is 64.9 Å². The molecular formula is C17H17ClO2S3. The van der Waals surface area contributed by atoms with Gasteiger partial charge in [0.1, 0.15) is 11.5 Å². The number of methoxy groups -OCH3 is 1. The van der Waals surface area contributed by atoms with Crippen LogP contribution in [0.25, 0.3) is 0 Å². The highest BCUT2D eigenvalue weighted by Gasteiger charge is 2.09. The molecule has 1 atom stereocenters. The smallest absolute Gasteiger partial charge is 0.156 e. The first-order valence-electron chi connectivity index (χ1n) is 6.89. The summed E-state index contributed by atoms with van der Waals surface area (Å²) in [4.78, 5) is 0.785. The summed E-state index contributed by atoms with van der Waals surface area (Å²) in [5, 5.41) is 2.74. The molecule has 23 heavy (non-hydrogen) atoms. The van der Waals surface area contributed by atoms with Crippen LogP contribution in [0, 0.1) is 0 Å². The minimum absolute atomic E-state index is 0.502. The summed E-state index contributed by atoms with van der Waals surface area (Å²) in [6, 6.07) is 15.2. The van der Waals surface area contributed by atoms with Gasteiger partial charge in [0.15, 0.2) is 4.90 Å². The summed E-state index contributed by atoms with van der Waals surface area (Å²) in [5.74, 6) is 2.14. The molecule has 122 valence electrons. The van der Waals surface area contributed by atoms with E-state index < -0.39 is 11.2 Å². The minimum atomic E-state index is -1.04. The van der Waals surface area contributed by atoms with Crippen LogP contribution < -0.4 is 4.74 Å². The molecule has 2 aromatic carbocycles. The van der Waals surface area contributed by atoms with Crippen LogP contribution in [0.1, 0.15) is 5.56 Å². The minimum Gasteiger partial charge on any atom is -0.611 e. The Bertz CT molecular complexity index is 632. The van der Waals surface area contributed by atoms with Crippen molar-refractivity contribution < 1.29 is 9.29 Å². The lowest BCUT2D eigenvalue weighted by Crippen LogP contribution is -2.04. The Hall–Kier alpha value is -0.720. The molecule has 0 aliphatic rings. The number of halogens is 1. The van der Waals surface area contributed by atoms with Gasteiger partial charge in [-0.3, -0.25) is 0 Å². The van der Waals surface area contributed by atoms with Gasteiger partial charge in [-0.2, -0.15) is 0 Å². The maximum absolute atomic E-state index is 12.2. The van der Waals surface area contributed by atoms with Gasteiger partial charge in [0.2, 0.25) is 0 Å². The van der Waals surface area contributed by atoms with Gasteiger partial charge in [-0.05, 0) is 52.5 Å². The highest BCUT2D eigenvalue weighted by molar-refractivity contribution is 8.77. The van der Waals surface area contributed by atoms with E-state index in [1.165, 1.54) is 5.56 Å². The fourth-order valence-corrected chi connectivity index (χ4v) is 4.65. The first-order chi connectivity index (χ1) is 11.2. The van der Waals surface area contributed by atoms with Crippen LogP contribution in [0.4, 0.5) is 0 Å². The van der Waals surface area contributed by atoms with Crippen molar-refractivity contribution in [1.29, 1.82) is 0 Å². The second kappa shape index (κ2) is 10.2. The van der Waals surface area contributed by atoms with Crippen LogP contribution >= 0.6 is 33.2 Å². The molecule has 0 saturated heterocycles. The number of ether oxygens (including phenoxy) is 1. The molecule has 2 rings (SSSR count). The number of hydrogen-bond donors (Lipinski definition) is 0. The summed E-state index contributed by atoms with van der Waals surface area (Å²) in [5.41, 5.74) is 1.24. The average Bonchev–Trinajstić information content (AvgIpc) is 2.59. The van der Waals surface area contributed by atoms with E-state index in [-0.39, 0.29) is 0 Å². The Kier molecular flexibility index (Phi) is 8.26. The lowest BCUT2D eigenvalue weighted by molar-refractivity contribution is 0.413. The van der Waals surface area contributed by atoms with E-state index in [0.29, 0.717) is 5.75 Å². The predicted octanol–water partition coefficient (Wildman–Crippen LogP) is 5.55. The third-order valence-corrected chi connectivity index (χ3v) is 6.42. The average molecular weight is 385 g/mol. The first-order valence-corrected chi connectivity index (χ1v) is 11.0. The molecule has 0 spiro atoms. The molecule has 0 heterocycles. The highest BCUT2D eigenvalue weighted by Crippen LogP contribution is 2.27. The maximum Gasteiger partial charge on any atom is 0.156 e. The van der Waals surface area contributed by atoms with Crippen LogP contribution in [0.2, 0.25) is 5.02 Å². The van der Waals surface area contributed by atoms with E-state index in [0.717, 1.165) is 21.4 Å². The van der Waals surface area contributed by atoms with E-state index in [4.69, 9.17) is 16.3 Å². The van der Waals surface area contributed by atoms with E-state index in [9.17, 15) is 4.55 Å². The number of rotatable bonds is 8. The van der Waals surface area contributed by atoms with E-state index in [2.05, 4.69) is 0 Å². The lowest BCUT2D eigenvalue weighted by atomic mass is 10.2. The Morgan fingerprint density at radius 1 is 1.22 bits per heavy atom. The molecule has 0 amide bonds. The van der Waals surface area contributed by atoms with Crippen LogP contribution in [0.3, 0.4) is 0 Å². The zero-order chi connectivity index (χ0) is 16.5. The van der Waals surface area contributed by atoms with Gasteiger partial charge in [-0.15, -0.1) is 0 Å². The van der Waals surface area contributed by atoms with Crippen LogP contribution in [-0.2, 0) is 16.9 Å². The number of hydrogen-bond acceptors (Lipinski definition) is 4. The third kappa shape index (κ3) is 6.73. The predicted molar refractivity (Wildman–Crippen MR) is 104 cm³/mol. The number of benzene rings is 2. The van der Waals surface area contributed by atoms with Gasteiger partial charge < -0.3 is 9.29 Å². The summed E-state index contributed by atoms with van der Waals surface area (Å²) < 4.78 is 17.3. The zero-order valence-corrected chi connectivity index (χ0v) is 15.8. The maximum atomic E-state index is 12.2. The van der Waals surface area contributed by atoms with Crippen molar-refractivity contribution in [3.63, 3.8) is 0 Å². The molecule has 0 aliphatic carbocycles. The normalized spacial score (nSPS) is 12.5. The standard InChI is InChI=1S/C17H17ClO2S3/c1-20-16-4-2-5-17(12-16)23(19)11-3-10-21-22-13-14-6-8-15(18)9-7-14/h2-10,12H,11,13H2,1H3/b10-3-. The molecule has 0 radical (unpaired) electrons. The van der Waals surface area contributed by atoms with Crippen LogP contribution in [-0.4, -0.2) is 17.4 Å². The van der Waals surface area contributed by atoms with Crippen molar-refractivity contribution in [1.82, 2.24) is 0 Å². The third-order valence-electron chi connectivity index (χ3n) is 2.91. The van der Waals surface area contributed by atoms with E-state index in [1.807, 2.05) is 60.0 Å². The molecule has 2 aromatic rings. The van der Waals surface area contributed by atoms with Gasteiger partial charge in [0, 0.05) is 16.8 Å². The monoisotopic (exact) mass is 384 g/mol. The molecule has 0 aliphatic heterocycles. The largest absolute Gasteiger partial charge is 0.611 e. The van der Waals surface area contributed by atoms with Crippen molar-refractivity contribution in [2.45, 2.75) is 10.6 Å². The molecule has 6 heteroatoms. The van der Waals surface area contributed by atoms with Crippen molar-refractivity contribution in [2.75, 3.05) is 12.9 Å². The van der Waals surface area contributed by atoms with Gasteiger partial charge in [0.05, 0.1) is 7.11 Å². The summed E-state index contributed by atoms with van der Waals surface area (Å²) in [6.45, 7) is 0. The zero-order valence-electron chi connectivity index (χ0n) is 12.6. The van der Waals surface area contributed by atoms with Crippen LogP contribution in [0.5, 0.6) is 5.75 Å². The summed E-state index contributed by atoms with van der Waals surface area (Å²) >= 11 is 4.81. The molecule has 0 bridgehead atoms. The fourth-order valence-electron chi connectivity index (χ4n) is 1.73. The molecule has 0 fully saturated rings. The van der Waals surface area contributed by atoms with Gasteiger partial charge in [0.25, 0.3) is 0 Å². The van der Waals surface area contributed by atoms with Crippen molar-refractivity contribution in [2.24, 2.45) is 0 Å². The van der Waals surface area contributed by atoms with Crippen molar-refractivity contribution in [3.8, 4) is 5.75 Å².